The molecule has 1 aromatic carbocycles. The Bertz CT molecular complexity index is 540. The van der Waals surface area contributed by atoms with Crippen molar-refractivity contribution in [3.8, 4) is 5.75 Å². The molecular weight excluding hydrogens is 320 g/mol. The van der Waals surface area contributed by atoms with Crippen LogP contribution < -0.4 is 4.74 Å². The second-order valence-electron chi connectivity index (χ2n) is 6.41. The van der Waals surface area contributed by atoms with E-state index in [4.69, 9.17) is 9.47 Å². The standard InChI is InChI=1S/C19H30N2O4/c1-4-17(13-22)20-8-10-21(11-9-20)19(23)15(2)25-14-16-6-5-7-18(12-16)24-3/h5-7,12,15,17,22H,4,8-11,13-14H2,1-3H3/t15-,17+/m1/s1. The minimum Gasteiger partial charge on any atom is -0.497 e. The summed E-state index contributed by atoms with van der Waals surface area (Å²) >= 11 is 0. The number of rotatable bonds is 8. The Balaban J connectivity index is 1.80. The summed E-state index contributed by atoms with van der Waals surface area (Å²) in [4.78, 5) is 16.7. The molecule has 1 saturated heterocycles. The van der Waals surface area contributed by atoms with Gasteiger partial charge in [0.1, 0.15) is 11.9 Å². The normalized spacial score (nSPS) is 18.0. The fourth-order valence-corrected chi connectivity index (χ4v) is 3.12. The molecule has 0 bridgehead atoms. The van der Waals surface area contributed by atoms with Crippen LogP contribution in [0, 0.1) is 0 Å². The minimum atomic E-state index is -0.474. The monoisotopic (exact) mass is 350 g/mol. The van der Waals surface area contributed by atoms with Gasteiger partial charge in [-0.2, -0.15) is 0 Å². The van der Waals surface area contributed by atoms with E-state index in [1.165, 1.54) is 0 Å². The van der Waals surface area contributed by atoms with Crippen LogP contribution in [0.3, 0.4) is 0 Å². The zero-order chi connectivity index (χ0) is 18.2. The number of carbonyl (C=O) groups excluding carboxylic acids is 1. The molecule has 6 nitrogen and oxygen atoms in total. The number of piperazine rings is 1. The first kappa shape index (κ1) is 19.7. The Morgan fingerprint density at radius 1 is 1.28 bits per heavy atom. The van der Waals surface area contributed by atoms with Gasteiger partial charge in [0.2, 0.25) is 0 Å². The molecule has 1 aliphatic heterocycles. The summed E-state index contributed by atoms with van der Waals surface area (Å²) in [6.45, 7) is 7.40. The highest BCUT2D eigenvalue weighted by molar-refractivity contribution is 5.80. The highest BCUT2D eigenvalue weighted by Crippen LogP contribution is 2.15. The van der Waals surface area contributed by atoms with Gasteiger partial charge in [-0.1, -0.05) is 19.1 Å². The van der Waals surface area contributed by atoms with Crippen LogP contribution in [-0.2, 0) is 16.1 Å². The topological polar surface area (TPSA) is 62.2 Å². The number of hydrogen-bond donors (Lipinski definition) is 1. The van der Waals surface area contributed by atoms with Crippen molar-refractivity contribution in [3.63, 3.8) is 0 Å². The number of methoxy groups -OCH3 is 1. The van der Waals surface area contributed by atoms with Gasteiger partial charge in [-0.05, 0) is 31.0 Å². The molecule has 0 radical (unpaired) electrons. The van der Waals surface area contributed by atoms with Crippen LogP contribution in [0.2, 0.25) is 0 Å². The van der Waals surface area contributed by atoms with Gasteiger partial charge in [-0.3, -0.25) is 9.69 Å². The number of hydrogen-bond acceptors (Lipinski definition) is 5. The number of aliphatic hydroxyl groups excluding tert-OH is 1. The van der Waals surface area contributed by atoms with Crippen LogP contribution in [0.5, 0.6) is 5.75 Å². The van der Waals surface area contributed by atoms with Gasteiger partial charge < -0.3 is 19.5 Å². The van der Waals surface area contributed by atoms with Crippen LogP contribution in [0.25, 0.3) is 0 Å². The van der Waals surface area contributed by atoms with Crippen LogP contribution in [-0.4, -0.2) is 72.9 Å². The van der Waals surface area contributed by atoms with Crippen molar-refractivity contribution < 1.29 is 19.4 Å². The van der Waals surface area contributed by atoms with Gasteiger partial charge in [0.25, 0.3) is 5.91 Å². The van der Waals surface area contributed by atoms with Crippen molar-refractivity contribution in [2.45, 2.75) is 39.0 Å². The third kappa shape index (κ3) is 5.42. The van der Waals surface area contributed by atoms with Gasteiger partial charge >= 0.3 is 0 Å². The number of ether oxygens (including phenoxy) is 2. The van der Waals surface area contributed by atoms with E-state index in [0.717, 1.165) is 30.8 Å². The Labute approximate surface area is 150 Å². The fourth-order valence-electron chi connectivity index (χ4n) is 3.12. The van der Waals surface area contributed by atoms with Crippen molar-refractivity contribution in [3.05, 3.63) is 29.8 Å². The quantitative estimate of drug-likeness (QED) is 0.770. The van der Waals surface area contributed by atoms with Gasteiger partial charge in [0.05, 0.1) is 20.3 Å². The first-order valence-electron chi connectivity index (χ1n) is 8.97. The molecule has 1 aromatic rings. The molecule has 2 rings (SSSR count). The summed E-state index contributed by atoms with van der Waals surface area (Å²) in [6.07, 6.45) is 0.447. The Hall–Kier alpha value is -1.63. The van der Waals surface area contributed by atoms with Crippen LogP contribution in [0.4, 0.5) is 0 Å². The SMILES string of the molecule is CC[C@@H](CO)N1CCN(C(=O)[C@@H](C)OCc2cccc(OC)c2)CC1. The maximum atomic E-state index is 12.6. The molecule has 1 heterocycles. The van der Waals surface area contributed by atoms with E-state index in [1.54, 1.807) is 14.0 Å². The van der Waals surface area contributed by atoms with E-state index in [1.807, 2.05) is 29.2 Å². The van der Waals surface area contributed by atoms with Crippen molar-refractivity contribution >= 4 is 5.91 Å². The molecule has 0 unspecified atom stereocenters. The summed E-state index contributed by atoms with van der Waals surface area (Å²) in [6, 6.07) is 7.86. The molecule has 1 aliphatic rings. The van der Waals surface area contributed by atoms with E-state index in [0.29, 0.717) is 19.7 Å². The molecule has 1 amide bonds. The van der Waals surface area contributed by atoms with E-state index in [9.17, 15) is 9.90 Å². The number of aliphatic hydroxyl groups is 1. The van der Waals surface area contributed by atoms with Crippen molar-refractivity contribution in [2.75, 3.05) is 39.9 Å². The molecule has 0 aliphatic carbocycles. The highest BCUT2D eigenvalue weighted by atomic mass is 16.5. The first-order valence-corrected chi connectivity index (χ1v) is 8.97. The lowest BCUT2D eigenvalue weighted by Crippen LogP contribution is -2.54. The van der Waals surface area contributed by atoms with Crippen molar-refractivity contribution in [1.82, 2.24) is 9.80 Å². The zero-order valence-corrected chi connectivity index (χ0v) is 15.5. The molecule has 25 heavy (non-hydrogen) atoms. The van der Waals surface area contributed by atoms with Gasteiger partial charge in [-0.15, -0.1) is 0 Å². The Kier molecular flexibility index (Phi) is 7.68. The lowest BCUT2D eigenvalue weighted by molar-refractivity contribution is -0.145. The van der Waals surface area contributed by atoms with Crippen molar-refractivity contribution in [2.24, 2.45) is 0 Å². The predicted molar refractivity (Wildman–Crippen MR) is 96.6 cm³/mol. The molecule has 0 spiro atoms. The maximum absolute atomic E-state index is 12.6. The van der Waals surface area contributed by atoms with E-state index < -0.39 is 6.10 Å². The predicted octanol–water partition coefficient (Wildman–Crippen LogP) is 1.52. The first-order chi connectivity index (χ1) is 12.1. The number of benzene rings is 1. The minimum absolute atomic E-state index is 0.0274. The molecule has 2 atom stereocenters. The fraction of sp³-hybridized carbons (Fsp3) is 0.632. The number of amides is 1. The molecular formula is C19H30N2O4. The Morgan fingerprint density at radius 2 is 2.00 bits per heavy atom. The van der Waals surface area contributed by atoms with Crippen molar-refractivity contribution in [1.29, 1.82) is 0 Å². The number of nitrogens with zero attached hydrogens (tertiary/aromatic N) is 2. The van der Waals surface area contributed by atoms with E-state index in [2.05, 4.69) is 11.8 Å². The molecule has 0 saturated carbocycles. The third-order valence-electron chi connectivity index (χ3n) is 4.81. The summed E-state index contributed by atoms with van der Waals surface area (Å²) in [5.74, 6) is 0.810. The van der Waals surface area contributed by atoms with Crippen LogP contribution in [0.15, 0.2) is 24.3 Å². The van der Waals surface area contributed by atoms with E-state index in [-0.39, 0.29) is 18.6 Å². The smallest absolute Gasteiger partial charge is 0.251 e. The van der Waals surface area contributed by atoms with Gasteiger partial charge in [-0.25, -0.2) is 0 Å². The second-order valence-corrected chi connectivity index (χ2v) is 6.41. The molecule has 0 aromatic heterocycles. The molecule has 1 N–H and O–H groups in total. The average molecular weight is 350 g/mol. The maximum Gasteiger partial charge on any atom is 0.251 e. The van der Waals surface area contributed by atoms with Crippen LogP contribution in [0.1, 0.15) is 25.8 Å². The summed E-state index contributed by atoms with van der Waals surface area (Å²) < 4.78 is 11.0. The Morgan fingerprint density at radius 3 is 2.60 bits per heavy atom. The zero-order valence-electron chi connectivity index (χ0n) is 15.5. The highest BCUT2D eigenvalue weighted by Gasteiger charge is 2.27. The lowest BCUT2D eigenvalue weighted by atomic mass is 10.1. The van der Waals surface area contributed by atoms with Gasteiger partial charge in [0.15, 0.2) is 0 Å². The van der Waals surface area contributed by atoms with Gasteiger partial charge in [0, 0.05) is 32.2 Å². The average Bonchev–Trinajstić information content (AvgIpc) is 2.67. The largest absolute Gasteiger partial charge is 0.497 e. The lowest BCUT2D eigenvalue weighted by Gasteiger charge is -2.39. The molecule has 1 fully saturated rings. The number of carbonyl (C=O) groups is 1. The summed E-state index contributed by atoms with van der Waals surface area (Å²) in [7, 11) is 1.63. The van der Waals surface area contributed by atoms with Crippen LogP contribution >= 0.6 is 0 Å². The molecule has 6 heteroatoms. The third-order valence-corrected chi connectivity index (χ3v) is 4.81. The summed E-state index contributed by atoms with van der Waals surface area (Å²) in [5.41, 5.74) is 0.984. The van der Waals surface area contributed by atoms with E-state index >= 15 is 0 Å². The molecule has 140 valence electrons. The second kappa shape index (κ2) is 9.75. The summed E-state index contributed by atoms with van der Waals surface area (Å²) in [5, 5.41) is 9.41.